The molecule has 0 aromatic carbocycles. The van der Waals surface area contributed by atoms with Crippen molar-refractivity contribution in [3.63, 3.8) is 0 Å². The topological polar surface area (TPSA) is 18.5 Å². The van der Waals surface area contributed by atoms with Gasteiger partial charge in [0.25, 0.3) is 0 Å². The second kappa shape index (κ2) is 14.6. The highest BCUT2D eigenvalue weighted by molar-refractivity contribution is 8.00. The Morgan fingerprint density at radius 3 is 2.52 bits per heavy atom. The van der Waals surface area contributed by atoms with Crippen LogP contribution in [0.2, 0.25) is 0 Å². The summed E-state index contributed by atoms with van der Waals surface area (Å²) < 4.78 is 0. The van der Waals surface area contributed by atoms with Crippen molar-refractivity contribution in [2.45, 2.75) is 71.6 Å². The molecule has 2 aliphatic heterocycles. The van der Waals surface area contributed by atoms with Gasteiger partial charge in [-0.15, -0.1) is 0 Å². The minimum absolute atomic E-state index is 0.686. The Kier molecular flexibility index (Phi) is 13.0. The molecule has 0 saturated carbocycles. The summed E-state index contributed by atoms with van der Waals surface area (Å²) >= 11 is 4.41. The Balaban J connectivity index is 1.82. The standard InChI is InChI=1S/C24H49N3S2/c1-6-12-27(20(3)4)17-22-8-9-23(10-13-28-19-22)21(5)16-26(7-2)18-24-15-25-11-14-29-24/h20-25H,6-19H2,1-5H3. The zero-order valence-electron chi connectivity index (χ0n) is 20.0. The number of rotatable bonds is 11. The molecule has 0 aromatic heterocycles. The number of nitrogens with one attached hydrogen (secondary N) is 1. The predicted octanol–water partition coefficient (Wildman–Crippen LogP) is 4.92. The van der Waals surface area contributed by atoms with Crippen LogP contribution in [0.4, 0.5) is 0 Å². The molecule has 0 spiro atoms. The van der Waals surface area contributed by atoms with Crippen LogP contribution in [0.3, 0.4) is 0 Å². The highest BCUT2D eigenvalue weighted by Gasteiger charge is 2.26. The molecule has 1 N–H and O–H groups in total. The van der Waals surface area contributed by atoms with Crippen LogP contribution in [0.5, 0.6) is 0 Å². The smallest absolute Gasteiger partial charge is 0.0300 e. The quantitative estimate of drug-likeness (QED) is 0.487. The van der Waals surface area contributed by atoms with E-state index in [0.717, 1.165) is 23.0 Å². The summed E-state index contributed by atoms with van der Waals surface area (Å²) in [6.45, 7) is 20.7. The van der Waals surface area contributed by atoms with Crippen molar-refractivity contribution >= 4 is 23.5 Å². The molecule has 2 rings (SSSR count). The van der Waals surface area contributed by atoms with Crippen LogP contribution >= 0.6 is 23.5 Å². The summed E-state index contributed by atoms with van der Waals surface area (Å²) in [6, 6.07) is 0.686. The van der Waals surface area contributed by atoms with Gasteiger partial charge in [0.2, 0.25) is 0 Å². The van der Waals surface area contributed by atoms with E-state index in [1.54, 1.807) is 0 Å². The summed E-state index contributed by atoms with van der Waals surface area (Å²) in [6.07, 6.45) is 5.59. The van der Waals surface area contributed by atoms with Crippen LogP contribution in [0.15, 0.2) is 0 Å². The maximum atomic E-state index is 3.58. The lowest BCUT2D eigenvalue weighted by atomic mass is 9.84. The Hall–Kier alpha value is 0.580. The first kappa shape index (κ1) is 25.8. The molecule has 4 unspecified atom stereocenters. The molecule has 0 amide bonds. The molecule has 0 aromatic rings. The van der Waals surface area contributed by atoms with E-state index in [4.69, 9.17) is 0 Å². The summed E-state index contributed by atoms with van der Waals surface area (Å²) in [5.41, 5.74) is 0. The van der Waals surface area contributed by atoms with Gasteiger partial charge in [0.05, 0.1) is 0 Å². The van der Waals surface area contributed by atoms with Crippen LogP contribution in [0, 0.1) is 17.8 Å². The lowest BCUT2D eigenvalue weighted by molar-refractivity contribution is 0.169. The molecule has 5 heteroatoms. The van der Waals surface area contributed by atoms with Crippen molar-refractivity contribution in [3.05, 3.63) is 0 Å². The molecular weight excluding hydrogens is 394 g/mol. The van der Waals surface area contributed by atoms with Gasteiger partial charge in [-0.25, -0.2) is 0 Å². The highest BCUT2D eigenvalue weighted by Crippen LogP contribution is 2.31. The van der Waals surface area contributed by atoms with Gasteiger partial charge in [0.15, 0.2) is 0 Å². The molecule has 172 valence electrons. The van der Waals surface area contributed by atoms with E-state index in [1.807, 2.05) is 0 Å². The Morgan fingerprint density at radius 1 is 1.03 bits per heavy atom. The summed E-state index contributed by atoms with van der Waals surface area (Å²) in [4.78, 5) is 5.46. The average molecular weight is 444 g/mol. The molecule has 0 bridgehead atoms. The third-order valence-electron chi connectivity index (χ3n) is 6.93. The normalized spacial score (nSPS) is 27.9. The van der Waals surface area contributed by atoms with E-state index in [1.165, 1.54) is 88.8 Å². The maximum absolute atomic E-state index is 3.58. The minimum atomic E-state index is 0.686. The number of thioether (sulfide) groups is 2. The lowest BCUT2D eigenvalue weighted by Crippen LogP contribution is -2.43. The van der Waals surface area contributed by atoms with Crippen LogP contribution < -0.4 is 5.32 Å². The molecule has 0 aliphatic carbocycles. The molecule has 29 heavy (non-hydrogen) atoms. The van der Waals surface area contributed by atoms with E-state index in [2.05, 4.69) is 73.3 Å². The fourth-order valence-corrected chi connectivity index (χ4v) is 7.36. The second-order valence-electron chi connectivity index (χ2n) is 9.68. The third-order valence-corrected chi connectivity index (χ3v) is 9.39. The predicted molar refractivity (Wildman–Crippen MR) is 136 cm³/mol. The first-order valence-corrected chi connectivity index (χ1v) is 14.6. The molecule has 0 radical (unpaired) electrons. The van der Waals surface area contributed by atoms with Crippen molar-refractivity contribution in [2.24, 2.45) is 17.8 Å². The van der Waals surface area contributed by atoms with E-state index in [9.17, 15) is 0 Å². The van der Waals surface area contributed by atoms with E-state index < -0.39 is 0 Å². The van der Waals surface area contributed by atoms with Gasteiger partial charge in [-0.2, -0.15) is 23.5 Å². The zero-order chi connectivity index (χ0) is 21.1. The summed E-state index contributed by atoms with van der Waals surface area (Å²) in [5, 5.41) is 4.36. The fraction of sp³-hybridized carbons (Fsp3) is 1.00. The molecular formula is C24H49N3S2. The van der Waals surface area contributed by atoms with Crippen LogP contribution in [0.1, 0.15) is 60.3 Å². The van der Waals surface area contributed by atoms with Crippen molar-refractivity contribution < 1.29 is 0 Å². The Morgan fingerprint density at radius 2 is 1.86 bits per heavy atom. The molecule has 2 aliphatic rings. The average Bonchev–Trinajstić information content (AvgIpc) is 2.69. The second-order valence-corrected chi connectivity index (χ2v) is 12.2. The van der Waals surface area contributed by atoms with Gasteiger partial charge < -0.3 is 15.1 Å². The monoisotopic (exact) mass is 443 g/mol. The third kappa shape index (κ3) is 9.72. The van der Waals surface area contributed by atoms with Gasteiger partial charge >= 0.3 is 0 Å². The van der Waals surface area contributed by atoms with Crippen LogP contribution in [-0.2, 0) is 0 Å². The molecule has 2 fully saturated rings. The number of hydrogen-bond acceptors (Lipinski definition) is 5. The fourth-order valence-electron chi connectivity index (χ4n) is 4.97. The lowest BCUT2D eigenvalue weighted by Gasteiger charge is -2.36. The van der Waals surface area contributed by atoms with Crippen LogP contribution in [0.25, 0.3) is 0 Å². The van der Waals surface area contributed by atoms with Gasteiger partial charge in [-0.1, -0.05) is 20.8 Å². The van der Waals surface area contributed by atoms with Gasteiger partial charge in [-0.3, -0.25) is 0 Å². The van der Waals surface area contributed by atoms with Gasteiger partial charge in [0, 0.05) is 49.8 Å². The van der Waals surface area contributed by atoms with Gasteiger partial charge in [-0.05, 0) is 81.9 Å². The van der Waals surface area contributed by atoms with Crippen molar-refractivity contribution in [3.8, 4) is 0 Å². The number of hydrogen-bond donors (Lipinski definition) is 1. The SMILES string of the molecule is CCCN(CC1CCC(C(C)CN(CC)CC2CNCCS2)CCSC1)C(C)C. The van der Waals surface area contributed by atoms with Crippen LogP contribution in [-0.4, -0.2) is 84.2 Å². The Bertz CT molecular complexity index is 415. The molecule has 3 nitrogen and oxygen atoms in total. The van der Waals surface area contributed by atoms with Gasteiger partial charge in [0.1, 0.15) is 0 Å². The van der Waals surface area contributed by atoms with E-state index >= 15 is 0 Å². The first-order chi connectivity index (χ1) is 14.0. The highest BCUT2D eigenvalue weighted by atomic mass is 32.2. The van der Waals surface area contributed by atoms with Crippen molar-refractivity contribution in [1.29, 1.82) is 0 Å². The van der Waals surface area contributed by atoms with Crippen molar-refractivity contribution in [2.75, 3.05) is 63.1 Å². The van der Waals surface area contributed by atoms with E-state index in [-0.39, 0.29) is 0 Å². The Labute approximate surface area is 190 Å². The number of nitrogens with zero attached hydrogens (tertiary/aromatic N) is 2. The maximum Gasteiger partial charge on any atom is 0.0300 e. The first-order valence-electron chi connectivity index (χ1n) is 12.4. The van der Waals surface area contributed by atoms with E-state index in [0.29, 0.717) is 6.04 Å². The summed E-state index contributed by atoms with van der Waals surface area (Å²) in [5.74, 6) is 6.65. The summed E-state index contributed by atoms with van der Waals surface area (Å²) in [7, 11) is 0. The van der Waals surface area contributed by atoms with Crippen molar-refractivity contribution in [1.82, 2.24) is 15.1 Å². The zero-order valence-corrected chi connectivity index (χ0v) is 21.6. The molecule has 4 atom stereocenters. The molecule has 2 heterocycles. The largest absolute Gasteiger partial charge is 0.315 e. The molecule has 2 saturated heterocycles. The minimum Gasteiger partial charge on any atom is -0.315 e.